The second kappa shape index (κ2) is 6.05. The number of hydrogen-bond donors (Lipinski definition) is 0. The predicted molar refractivity (Wildman–Crippen MR) is 106 cm³/mol. The highest BCUT2D eigenvalue weighted by atomic mass is 16.5. The van der Waals surface area contributed by atoms with Crippen molar-refractivity contribution in [2.75, 3.05) is 7.11 Å². The fraction of sp³-hybridized carbons (Fsp3) is 0.250. The Hall–Kier alpha value is -2.94. The summed E-state index contributed by atoms with van der Waals surface area (Å²) in [5, 5.41) is 0. The minimum Gasteiger partial charge on any atom is -0.497 e. The number of rotatable bonds is 4. The fourth-order valence-electron chi connectivity index (χ4n) is 4.12. The summed E-state index contributed by atoms with van der Waals surface area (Å²) < 4.78 is 17.4. The molecule has 136 valence electrons. The lowest BCUT2D eigenvalue weighted by atomic mass is 10.0. The minimum absolute atomic E-state index is 0.372. The number of fused-ring (bicyclic) bond motifs is 3. The van der Waals surface area contributed by atoms with Crippen LogP contribution < -0.4 is 14.2 Å². The van der Waals surface area contributed by atoms with E-state index in [4.69, 9.17) is 14.2 Å². The van der Waals surface area contributed by atoms with Crippen molar-refractivity contribution >= 4 is 0 Å². The highest BCUT2D eigenvalue weighted by Gasteiger charge is 2.55. The van der Waals surface area contributed by atoms with Crippen molar-refractivity contribution in [3.8, 4) is 34.1 Å². The minimum atomic E-state index is 0.372. The number of aryl methyl sites for hydroxylation is 1. The maximum absolute atomic E-state index is 6.12. The second-order valence-electron chi connectivity index (χ2n) is 7.48. The van der Waals surface area contributed by atoms with Gasteiger partial charge in [0, 0.05) is 23.5 Å². The van der Waals surface area contributed by atoms with Crippen LogP contribution in [0.1, 0.15) is 24.0 Å². The molecule has 0 amide bonds. The van der Waals surface area contributed by atoms with Crippen molar-refractivity contribution in [2.24, 2.45) is 5.92 Å². The molecular formula is C24H22O3. The zero-order chi connectivity index (χ0) is 18.5. The van der Waals surface area contributed by atoms with E-state index in [0.29, 0.717) is 17.9 Å². The van der Waals surface area contributed by atoms with Crippen LogP contribution >= 0.6 is 0 Å². The van der Waals surface area contributed by atoms with Crippen molar-refractivity contribution < 1.29 is 14.2 Å². The van der Waals surface area contributed by atoms with Gasteiger partial charge in [0.15, 0.2) is 0 Å². The van der Waals surface area contributed by atoms with E-state index in [1.165, 1.54) is 16.7 Å². The molecule has 3 unspecified atom stereocenters. The number of methoxy groups -OCH3 is 1. The molecule has 1 saturated carbocycles. The van der Waals surface area contributed by atoms with Crippen LogP contribution in [0.15, 0.2) is 60.7 Å². The Morgan fingerprint density at radius 3 is 2.52 bits per heavy atom. The van der Waals surface area contributed by atoms with Gasteiger partial charge in [0.2, 0.25) is 0 Å². The molecule has 2 aliphatic rings. The maximum Gasteiger partial charge on any atom is 0.131 e. The van der Waals surface area contributed by atoms with E-state index in [-0.39, 0.29) is 0 Å². The van der Waals surface area contributed by atoms with Crippen molar-refractivity contribution in [2.45, 2.75) is 25.9 Å². The van der Waals surface area contributed by atoms with Gasteiger partial charge in [0.1, 0.15) is 29.1 Å². The van der Waals surface area contributed by atoms with Gasteiger partial charge in [-0.25, -0.2) is 0 Å². The molecule has 3 aromatic carbocycles. The summed E-state index contributed by atoms with van der Waals surface area (Å²) in [4.78, 5) is 0. The van der Waals surface area contributed by atoms with Crippen LogP contribution in [0.5, 0.6) is 23.0 Å². The summed E-state index contributed by atoms with van der Waals surface area (Å²) in [5.74, 6) is 4.70. The van der Waals surface area contributed by atoms with Gasteiger partial charge >= 0.3 is 0 Å². The summed E-state index contributed by atoms with van der Waals surface area (Å²) in [6.45, 7) is 4.34. The third-order valence-electron chi connectivity index (χ3n) is 5.72. The van der Waals surface area contributed by atoms with Gasteiger partial charge in [-0.2, -0.15) is 0 Å². The Bertz CT molecular complexity index is 1020. The Kier molecular flexibility index (Phi) is 3.64. The summed E-state index contributed by atoms with van der Waals surface area (Å²) in [5.41, 5.74) is 4.79. The smallest absolute Gasteiger partial charge is 0.131 e. The number of ether oxygens (including phenoxy) is 3. The lowest BCUT2D eigenvalue weighted by Gasteiger charge is -2.12. The first kappa shape index (κ1) is 16.2. The highest BCUT2D eigenvalue weighted by molar-refractivity contribution is 5.69. The van der Waals surface area contributed by atoms with Crippen LogP contribution in [0, 0.1) is 12.8 Å². The summed E-state index contributed by atoms with van der Waals surface area (Å²) in [6, 6.07) is 20.5. The standard InChI is InChI=1S/C24H22O3/c1-14-11-17(25-3)7-9-20(14)16-5-4-6-18(12-16)26-19-8-10-21-22(13-19)27-24-15(2)23(21)24/h4-13,15,23-24H,1-3H3. The average molecular weight is 358 g/mol. The Labute approximate surface area is 159 Å². The molecule has 1 aliphatic carbocycles. The second-order valence-corrected chi connectivity index (χ2v) is 7.48. The van der Waals surface area contributed by atoms with Gasteiger partial charge in [0.25, 0.3) is 0 Å². The number of benzene rings is 3. The molecule has 3 aromatic rings. The molecule has 1 heterocycles. The highest BCUT2D eigenvalue weighted by Crippen LogP contribution is 2.58. The Balaban J connectivity index is 1.40. The predicted octanol–water partition coefficient (Wildman–Crippen LogP) is 5.96. The molecule has 0 bridgehead atoms. The average Bonchev–Trinajstić information content (AvgIpc) is 3.13. The molecule has 27 heavy (non-hydrogen) atoms. The zero-order valence-corrected chi connectivity index (χ0v) is 15.7. The van der Waals surface area contributed by atoms with Gasteiger partial charge in [-0.1, -0.05) is 31.2 Å². The molecule has 3 atom stereocenters. The van der Waals surface area contributed by atoms with Crippen LogP contribution in [-0.4, -0.2) is 13.2 Å². The Morgan fingerprint density at radius 2 is 1.70 bits per heavy atom. The van der Waals surface area contributed by atoms with E-state index in [1.54, 1.807) is 7.11 Å². The van der Waals surface area contributed by atoms with Crippen molar-refractivity contribution in [3.63, 3.8) is 0 Å². The quantitative estimate of drug-likeness (QED) is 0.576. The summed E-state index contributed by atoms with van der Waals surface area (Å²) in [6.07, 6.45) is 0.372. The zero-order valence-electron chi connectivity index (χ0n) is 15.7. The first-order valence-electron chi connectivity index (χ1n) is 9.37. The van der Waals surface area contributed by atoms with Gasteiger partial charge in [-0.05, 0) is 53.9 Å². The largest absolute Gasteiger partial charge is 0.497 e. The van der Waals surface area contributed by atoms with Gasteiger partial charge in [-0.15, -0.1) is 0 Å². The van der Waals surface area contributed by atoms with E-state index < -0.39 is 0 Å². The van der Waals surface area contributed by atoms with Gasteiger partial charge < -0.3 is 14.2 Å². The van der Waals surface area contributed by atoms with Crippen molar-refractivity contribution in [1.29, 1.82) is 0 Å². The first-order chi connectivity index (χ1) is 13.1. The lowest BCUT2D eigenvalue weighted by Crippen LogP contribution is -1.96. The SMILES string of the molecule is COc1ccc(-c2cccc(Oc3ccc4c(c3)OC3C(C)C43)c2)c(C)c1. The third kappa shape index (κ3) is 2.74. The van der Waals surface area contributed by atoms with E-state index in [2.05, 4.69) is 38.1 Å². The molecule has 3 heteroatoms. The maximum atomic E-state index is 6.12. The van der Waals surface area contributed by atoms with E-state index in [0.717, 1.165) is 28.6 Å². The van der Waals surface area contributed by atoms with E-state index in [9.17, 15) is 0 Å². The summed E-state index contributed by atoms with van der Waals surface area (Å²) in [7, 11) is 1.69. The van der Waals surface area contributed by atoms with Gasteiger partial charge in [0.05, 0.1) is 7.11 Å². The molecule has 1 fully saturated rings. The molecule has 0 radical (unpaired) electrons. The molecule has 0 aromatic heterocycles. The van der Waals surface area contributed by atoms with Crippen LogP contribution in [-0.2, 0) is 0 Å². The fourth-order valence-corrected chi connectivity index (χ4v) is 4.12. The topological polar surface area (TPSA) is 27.7 Å². The monoisotopic (exact) mass is 358 g/mol. The van der Waals surface area contributed by atoms with E-state index in [1.807, 2.05) is 36.4 Å². The summed E-state index contributed by atoms with van der Waals surface area (Å²) >= 11 is 0. The molecule has 3 nitrogen and oxygen atoms in total. The van der Waals surface area contributed by atoms with Gasteiger partial charge in [-0.3, -0.25) is 0 Å². The molecule has 1 aliphatic heterocycles. The molecule has 0 saturated heterocycles. The molecule has 0 spiro atoms. The van der Waals surface area contributed by atoms with Crippen molar-refractivity contribution in [3.05, 3.63) is 71.8 Å². The lowest BCUT2D eigenvalue weighted by molar-refractivity contribution is 0.299. The Morgan fingerprint density at radius 1 is 0.889 bits per heavy atom. The third-order valence-corrected chi connectivity index (χ3v) is 5.72. The normalized spacial score (nSPS) is 21.8. The van der Waals surface area contributed by atoms with Crippen molar-refractivity contribution in [1.82, 2.24) is 0 Å². The van der Waals surface area contributed by atoms with Crippen LogP contribution in [0.4, 0.5) is 0 Å². The van der Waals surface area contributed by atoms with Crippen LogP contribution in [0.2, 0.25) is 0 Å². The van der Waals surface area contributed by atoms with Crippen LogP contribution in [0.3, 0.4) is 0 Å². The van der Waals surface area contributed by atoms with Crippen LogP contribution in [0.25, 0.3) is 11.1 Å². The van der Waals surface area contributed by atoms with E-state index >= 15 is 0 Å². The molecular weight excluding hydrogens is 336 g/mol. The molecule has 0 N–H and O–H groups in total. The first-order valence-corrected chi connectivity index (χ1v) is 9.37. The molecule has 5 rings (SSSR count). The number of hydrogen-bond acceptors (Lipinski definition) is 3.